The second-order valence-electron chi connectivity index (χ2n) is 18.8. The number of fused-ring (bicyclic) bond motifs is 1. The van der Waals surface area contributed by atoms with Crippen molar-refractivity contribution in [2.45, 2.75) is 118 Å². The molecule has 14 nitrogen and oxygen atoms in total. The van der Waals surface area contributed by atoms with Crippen LogP contribution in [-0.4, -0.2) is 107 Å². The third kappa shape index (κ3) is 10.8. The number of pyridine rings is 1. The number of rotatable bonds is 17. The van der Waals surface area contributed by atoms with E-state index >= 15 is 0 Å². The molecule has 0 aliphatic carbocycles. The first kappa shape index (κ1) is 48.2. The molecule has 4 aromatic rings. The van der Waals surface area contributed by atoms with Gasteiger partial charge in [0.1, 0.15) is 17.8 Å². The molecular formula is C50H69N7O7. The molecule has 346 valence electrons. The Bertz CT molecular complexity index is 2320. The van der Waals surface area contributed by atoms with Crippen LogP contribution in [0.25, 0.3) is 33.3 Å². The number of nitrogens with one attached hydrogen (secondary N) is 3. The van der Waals surface area contributed by atoms with Gasteiger partial charge in [-0.3, -0.25) is 29.2 Å². The second-order valence-corrected chi connectivity index (χ2v) is 18.8. The Morgan fingerprint density at radius 3 is 2.45 bits per heavy atom. The number of likely N-dealkylation sites (N-methyl/N-ethyl adjacent to an activating group) is 1. The molecule has 2 aromatic carbocycles. The van der Waals surface area contributed by atoms with Crippen molar-refractivity contribution in [1.29, 1.82) is 0 Å². The van der Waals surface area contributed by atoms with Crippen LogP contribution in [-0.2, 0) is 48.0 Å². The summed E-state index contributed by atoms with van der Waals surface area (Å²) in [5, 5.41) is 20.3. The highest BCUT2D eigenvalue weighted by molar-refractivity contribution is 5.96. The molecule has 2 fully saturated rings. The zero-order valence-corrected chi connectivity index (χ0v) is 39.4. The van der Waals surface area contributed by atoms with Gasteiger partial charge in [0.2, 0.25) is 11.8 Å². The largest absolute Gasteiger partial charge is 0.508 e. The van der Waals surface area contributed by atoms with E-state index in [-0.39, 0.29) is 60.5 Å². The maximum absolute atomic E-state index is 14.3. The number of methoxy groups -OCH3 is 1. The van der Waals surface area contributed by atoms with Crippen molar-refractivity contribution < 1.29 is 33.8 Å². The average Bonchev–Trinajstić information content (AvgIpc) is 3.84. The summed E-state index contributed by atoms with van der Waals surface area (Å²) in [6.45, 7) is 18.3. The number of ether oxygens (including phenoxy) is 2. The van der Waals surface area contributed by atoms with Crippen LogP contribution in [0.1, 0.15) is 97.6 Å². The lowest BCUT2D eigenvalue weighted by Crippen LogP contribution is -2.60. The van der Waals surface area contributed by atoms with Gasteiger partial charge in [0.25, 0.3) is 5.91 Å². The standard InChI is InChI=1S/C50H69N7O7/c1-11-56-43-17-16-35(27-40(43)41(28-50(7,8)29-64-33(6)58)46(56)39-15-14-19-52-44(39)32(5)63-10)36-23-34(24-37(59)26-36)25-42(49(62)57-22-13-12-20-53-57)54-47(60)45(30(2)3)55(9)48(61)38-18-21-51-31(38)4/h14-17,19,23-24,26-27,30-32,38,42,45,51,53,59H,11-13,18,20-22,25,28-29H2,1-10H3,(H,54,60)/t31-,32-,38-,42-,45-/m0/s1. The molecule has 0 saturated carbocycles. The highest BCUT2D eigenvalue weighted by Gasteiger charge is 2.39. The number of phenols is 1. The number of hydrazine groups is 1. The number of nitrogens with zero attached hydrogens (tertiary/aromatic N) is 4. The summed E-state index contributed by atoms with van der Waals surface area (Å²) in [6, 6.07) is 13.8. The zero-order valence-electron chi connectivity index (χ0n) is 39.4. The third-order valence-corrected chi connectivity index (χ3v) is 12.9. The number of carbonyl (C=O) groups is 4. The van der Waals surface area contributed by atoms with Crippen LogP contribution >= 0.6 is 0 Å². The van der Waals surface area contributed by atoms with E-state index in [1.807, 2.05) is 45.9 Å². The fraction of sp³-hybridized carbons (Fsp3) is 0.540. The minimum atomic E-state index is -0.984. The summed E-state index contributed by atoms with van der Waals surface area (Å²) in [5.74, 6) is -1.54. The third-order valence-electron chi connectivity index (χ3n) is 12.9. The van der Waals surface area contributed by atoms with Crippen molar-refractivity contribution in [3.63, 3.8) is 0 Å². The summed E-state index contributed by atoms with van der Waals surface area (Å²) >= 11 is 0. The van der Waals surface area contributed by atoms with Crippen LogP contribution in [0.5, 0.6) is 5.75 Å². The van der Waals surface area contributed by atoms with Crippen molar-refractivity contribution in [2.24, 2.45) is 17.3 Å². The molecule has 2 aliphatic rings. The van der Waals surface area contributed by atoms with E-state index in [9.17, 15) is 24.3 Å². The molecule has 4 heterocycles. The number of aromatic nitrogens is 2. The van der Waals surface area contributed by atoms with Gasteiger partial charge in [-0.05, 0) is 118 Å². The SMILES string of the molecule is CCn1c(-c2cccnc2[C@H](C)OC)c(CC(C)(C)COC(C)=O)c2cc(-c3cc(O)cc(C[C@H](NC(=O)[C@H](C(C)C)N(C)C(=O)[C@H]4CCN[C@H]4C)C(=O)N4CCCCN4)c3)ccc21. The Balaban J connectivity index is 1.41. The fourth-order valence-corrected chi connectivity index (χ4v) is 9.54. The van der Waals surface area contributed by atoms with E-state index < -0.39 is 23.4 Å². The summed E-state index contributed by atoms with van der Waals surface area (Å²) in [5.41, 5.74) is 9.88. The molecular weight excluding hydrogens is 811 g/mol. The molecule has 3 amide bonds. The number of hydrogen-bond donors (Lipinski definition) is 4. The predicted molar refractivity (Wildman–Crippen MR) is 249 cm³/mol. The molecule has 5 atom stereocenters. The molecule has 2 aliphatic heterocycles. The Labute approximate surface area is 378 Å². The molecule has 0 spiro atoms. The number of aromatic hydroxyl groups is 1. The number of aryl methyl sites for hydroxylation is 1. The zero-order chi connectivity index (χ0) is 46.5. The Morgan fingerprint density at radius 1 is 1.05 bits per heavy atom. The average molecular weight is 880 g/mol. The second kappa shape index (κ2) is 20.7. The van der Waals surface area contributed by atoms with E-state index in [2.05, 4.69) is 59.6 Å². The van der Waals surface area contributed by atoms with Crippen molar-refractivity contribution in [2.75, 3.05) is 40.4 Å². The molecule has 2 aromatic heterocycles. The molecule has 6 rings (SSSR count). The quantitative estimate of drug-likeness (QED) is 0.0853. The van der Waals surface area contributed by atoms with E-state index in [4.69, 9.17) is 14.5 Å². The van der Waals surface area contributed by atoms with Gasteiger partial charge in [-0.1, -0.05) is 39.8 Å². The van der Waals surface area contributed by atoms with Gasteiger partial charge in [-0.25, -0.2) is 5.43 Å². The van der Waals surface area contributed by atoms with Gasteiger partial charge < -0.3 is 34.7 Å². The van der Waals surface area contributed by atoms with Crippen molar-refractivity contribution in [3.8, 4) is 28.1 Å². The smallest absolute Gasteiger partial charge is 0.302 e. The molecule has 64 heavy (non-hydrogen) atoms. The lowest BCUT2D eigenvalue weighted by Gasteiger charge is -2.35. The van der Waals surface area contributed by atoms with Gasteiger partial charge in [-0.15, -0.1) is 0 Å². The fourth-order valence-electron chi connectivity index (χ4n) is 9.54. The first-order valence-electron chi connectivity index (χ1n) is 22.9. The lowest BCUT2D eigenvalue weighted by molar-refractivity contribution is -0.146. The van der Waals surface area contributed by atoms with Gasteiger partial charge >= 0.3 is 5.97 Å². The lowest BCUT2D eigenvalue weighted by atomic mass is 9.84. The molecule has 0 bridgehead atoms. The Hall–Kier alpha value is -5.31. The van der Waals surface area contributed by atoms with Gasteiger partial charge in [0.05, 0.1) is 30.0 Å². The topological polar surface area (TPSA) is 167 Å². The number of amides is 3. The van der Waals surface area contributed by atoms with Gasteiger partial charge in [0, 0.05) is 81.3 Å². The van der Waals surface area contributed by atoms with Crippen LogP contribution in [0.3, 0.4) is 0 Å². The summed E-state index contributed by atoms with van der Waals surface area (Å²) in [4.78, 5) is 60.7. The summed E-state index contributed by atoms with van der Waals surface area (Å²) in [6.07, 6.45) is 4.65. The van der Waals surface area contributed by atoms with E-state index in [1.165, 1.54) is 6.92 Å². The number of hydrogen-bond acceptors (Lipinski definition) is 10. The Kier molecular flexibility index (Phi) is 15.6. The maximum atomic E-state index is 14.3. The van der Waals surface area contributed by atoms with E-state index in [0.29, 0.717) is 38.0 Å². The molecule has 14 heteroatoms. The van der Waals surface area contributed by atoms with Gasteiger partial charge in [0.15, 0.2) is 0 Å². The molecule has 2 saturated heterocycles. The van der Waals surface area contributed by atoms with Crippen LogP contribution in [0.2, 0.25) is 0 Å². The van der Waals surface area contributed by atoms with Crippen LogP contribution in [0.4, 0.5) is 0 Å². The van der Waals surface area contributed by atoms with Crippen LogP contribution in [0.15, 0.2) is 54.7 Å². The maximum Gasteiger partial charge on any atom is 0.302 e. The van der Waals surface area contributed by atoms with Crippen molar-refractivity contribution in [3.05, 3.63) is 71.5 Å². The molecule has 4 N–H and O–H groups in total. The van der Waals surface area contributed by atoms with Gasteiger partial charge in [-0.2, -0.15) is 0 Å². The summed E-state index contributed by atoms with van der Waals surface area (Å²) < 4.78 is 13.7. The molecule has 0 unspecified atom stereocenters. The minimum Gasteiger partial charge on any atom is -0.508 e. The first-order chi connectivity index (χ1) is 30.4. The number of phenolic OH excluding ortho intramolecular Hbond substituents is 1. The number of benzene rings is 2. The van der Waals surface area contributed by atoms with Crippen molar-refractivity contribution >= 4 is 34.6 Å². The highest BCUT2D eigenvalue weighted by Crippen LogP contribution is 2.42. The summed E-state index contributed by atoms with van der Waals surface area (Å²) in [7, 11) is 3.35. The minimum absolute atomic E-state index is 0.00381. The van der Waals surface area contributed by atoms with E-state index in [0.717, 1.165) is 63.9 Å². The van der Waals surface area contributed by atoms with Crippen LogP contribution in [0, 0.1) is 17.3 Å². The van der Waals surface area contributed by atoms with Crippen LogP contribution < -0.4 is 16.1 Å². The Morgan fingerprint density at radius 2 is 1.81 bits per heavy atom. The highest BCUT2D eigenvalue weighted by atomic mass is 16.5. The van der Waals surface area contributed by atoms with Crippen molar-refractivity contribution in [1.82, 2.24) is 35.5 Å². The monoisotopic (exact) mass is 880 g/mol. The normalized spacial score (nSPS) is 18.2. The first-order valence-corrected chi connectivity index (χ1v) is 22.9. The van der Waals surface area contributed by atoms with E-state index in [1.54, 1.807) is 42.4 Å². The number of carbonyl (C=O) groups excluding carboxylic acids is 4. The number of esters is 1. The predicted octanol–water partition coefficient (Wildman–Crippen LogP) is 6.57. The molecule has 0 radical (unpaired) electrons.